The van der Waals surface area contributed by atoms with Crippen molar-refractivity contribution < 1.29 is 28.5 Å². The Morgan fingerprint density at radius 1 is 1.15 bits per heavy atom. The average molecular weight is 356 g/mol. The second kappa shape index (κ2) is 7.93. The summed E-state index contributed by atoms with van der Waals surface area (Å²) in [5, 5.41) is 10.2. The molecule has 0 aliphatic rings. The van der Waals surface area contributed by atoms with E-state index in [1.54, 1.807) is 44.4 Å². The van der Waals surface area contributed by atoms with Crippen LogP contribution in [0.5, 0.6) is 11.5 Å². The molecular weight excluding hydrogens is 336 g/mol. The third-order valence-electron chi connectivity index (χ3n) is 3.84. The van der Waals surface area contributed by atoms with Crippen molar-refractivity contribution in [2.45, 2.75) is 20.1 Å². The predicted molar refractivity (Wildman–Crippen MR) is 95.4 cm³/mol. The molecule has 0 bridgehead atoms. The van der Waals surface area contributed by atoms with Gasteiger partial charge in [0, 0.05) is 5.39 Å². The van der Waals surface area contributed by atoms with E-state index < -0.39 is 0 Å². The molecule has 0 aliphatic carbocycles. The fourth-order valence-corrected chi connectivity index (χ4v) is 2.60. The normalized spacial score (nSPS) is 10.7. The Balaban J connectivity index is 1.72. The van der Waals surface area contributed by atoms with Crippen LogP contribution in [0.15, 0.2) is 46.9 Å². The number of methoxy groups -OCH3 is 1. The highest BCUT2D eigenvalue weighted by Crippen LogP contribution is 2.31. The summed E-state index contributed by atoms with van der Waals surface area (Å²) in [5.74, 6) is 1.45. The lowest BCUT2D eigenvalue weighted by atomic mass is 10.1. The summed E-state index contributed by atoms with van der Waals surface area (Å²) in [7, 11) is 1.56. The van der Waals surface area contributed by atoms with Gasteiger partial charge in [0.1, 0.15) is 18.1 Å². The molecule has 0 unspecified atom stereocenters. The SMILES string of the molecule is CCOC(=O)c1ccc(OCc2cc3cc(CO)cc(OC)c3o2)cc1. The van der Waals surface area contributed by atoms with Gasteiger partial charge in [0.25, 0.3) is 0 Å². The first-order valence-corrected chi connectivity index (χ1v) is 8.24. The zero-order valence-corrected chi connectivity index (χ0v) is 14.7. The van der Waals surface area contributed by atoms with Gasteiger partial charge >= 0.3 is 5.97 Å². The number of hydrogen-bond donors (Lipinski definition) is 1. The molecule has 1 heterocycles. The zero-order valence-electron chi connectivity index (χ0n) is 14.7. The molecule has 0 atom stereocenters. The highest BCUT2D eigenvalue weighted by molar-refractivity contribution is 5.89. The highest BCUT2D eigenvalue weighted by atomic mass is 16.5. The smallest absolute Gasteiger partial charge is 0.338 e. The summed E-state index contributed by atoms with van der Waals surface area (Å²) in [6.45, 7) is 2.26. The van der Waals surface area contributed by atoms with Crippen LogP contribution in [0.25, 0.3) is 11.0 Å². The van der Waals surface area contributed by atoms with Gasteiger partial charge in [-0.05, 0) is 55.0 Å². The Morgan fingerprint density at radius 3 is 2.58 bits per heavy atom. The van der Waals surface area contributed by atoms with Gasteiger partial charge in [-0.25, -0.2) is 4.79 Å². The Hall–Kier alpha value is -2.99. The number of benzene rings is 2. The van der Waals surface area contributed by atoms with Crippen LogP contribution in [0.2, 0.25) is 0 Å². The third-order valence-corrected chi connectivity index (χ3v) is 3.84. The van der Waals surface area contributed by atoms with Crippen molar-refractivity contribution in [3.05, 3.63) is 59.4 Å². The molecule has 1 aromatic heterocycles. The lowest BCUT2D eigenvalue weighted by Gasteiger charge is -2.06. The number of ether oxygens (including phenoxy) is 3. The molecule has 2 aromatic carbocycles. The molecule has 0 spiro atoms. The Morgan fingerprint density at radius 2 is 1.92 bits per heavy atom. The second-order valence-corrected chi connectivity index (χ2v) is 5.62. The number of esters is 1. The summed E-state index contributed by atoms with van der Waals surface area (Å²) in [6, 6.07) is 12.2. The van der Waals surface area contributed by atoms with Crippen molar-refractivity contribution in [1.82, 2.24) is 0 Å². The van der Waals surface area contributed by atoms with Crippen LogP contribution in [0.4, 0.5) is 0 Å². The number of carbonyl (C=O) groups excluding carboxylic acids is 1. The zero-order chi connectivity index (χ0) is 18.5. The number of aliphatic hydroxyl groups excluding tert-OH is 1. The van der Waals surface area contributed by atoms with Crippen LogP contribution in [-0.4, -0.2) is 24.8 Å². The summed E-state index contributed by atoms with van der Waals surface area (Å²) in [6.07, 6.45) is 0. The maximum atomic E-state index is 11.6. The minimum absolute atomic E-state index is 0.0733. The molecule has 0 aliphatic heterocycles. The van der Waals surface area contributed by atoms with Gasteiger partial charge in [-0.1, -0.05) is 0 Å². The van der Waals surface area contributed by atoms with E-state index in [1.165, 1.54) is 0 Å². The van der Waals surface area contributed by atoms with Crippen molar-refractivity contribution in [1.29, 1.82) is 0 Å². The maximum Gasteiger partial charge on any atom is 0.338 e. The minimum Gasteiger partial charge on any atom is -0.493 e. The standard InChI is InChI=1S/C20H20O6/c1-3-24-20(22)14-4-6-16(7-5-14)25-12-17-10-15-8-13(11-21)9-18(23-2)19(15)26-17/h4-10,21H,3,11-12H2,1-2H3. The number of aliphatic hydroxyl groups is 1. The molecule has 3 aromatic rings. The van der Waals surface area contributed by atoms with Gasteiger partial charge in [-0.2, -0.15) is 0 Å². The molecular formula is C20H20O6. The van der Waals surface area contributed by atoms with Crippen LogP contribution >= 0.6 is 0 Å². The molecule has 0 saturated heterocycles. The van der Waals surface area contributed by atoms with Gasteiger partial charge in [-0.3, -0.25) is 0 Å². The molecule has 0 radical (unpaired) electrons. The Kier molecular flexibility index (Phi) is 5.43. The number of rotatable bonds is 7. The van der Waals surface area contributed by atoms with E-state index in [2.05, 4.69) is 0 Å². The number of hydrogen-bond acceptors (Lipinski definition) is 6. The van der Waals surface area contributed by atoms with Gasteiger partial charge < -0.3 is 23.7 Å². The molecule has 3 rings (SSSR count). The lowest BCUT2D eigenvalue weighted by molar-refractivity contribution is 0.0526. The molecule has 0 saturated carbocycles. The van der Waals surface area contributed by atoms with Crippen LogP contribution in [0.3, 0.4) is 0 Å². The first-order chi connectivity index (χ1) is 12.6. The first kappa shape index (κ1) is 17.8. The van der Waals surface area contributed by atoms with E-state index in [9.17, 15) is 9.90 Å². The van der Waals surface area contributed by atoms with E-state index in [0.29, 0.717) is 35.0 Å². The predicted octanol–water partition coefficient (Wildman–Crippen LogP) is 3.69. The van der Waals surface area contributed by atoms with E-state index >= 15 is 0 Å². The quantitative estimate of drug-likeness (QED) is 0.651. The fraction of sp³-hybridized carbons (Fsp3) is 0.250. The Labute approximate surface area is 150 Å². The van der Waals surface area contributed by atoms with E-state index in [1.807, 2.05) is 12.1 Å². The molecule has 136 valence electrons. The molecule has 0 amide bonds. The second-order valence-electron chi connectivity index (χ2n) is 5.62. The first-order valence-electron chi connectivity index (χ1n) is 8.24. The van der Waals surface area contributed by atoms with E-state index in [4.69, 9.17) is 18.6 Å². The third kappa shape index (κ3) is 3.81. The number of furan rings is 1. The summed E-state index contributed by atoms with van der Waals surface area (Å²) in [4.78, 5) is 11.6. The number of carbonyl (C=O) groups is 1. The van der Waals surface area contributed by atoms with E-state index in [0.717, 1.165) is 10.9 Å². The fourth-order valence-electron chi connectivity index (χ4n) is 2.60. The van der Waals surface area contributed by atoms with Crippen molar-refractivity contribution in [2.24, 2.45) is 0 Å². The largest absolute Gasteiger partial charge is 0.493 e. The summed E-state index contributed by atoms with van der Waals surface area (Å²) < 4.78 is 21.8. The molecule has 0 fully saturated rings. The average Bonchev–Trinajstić information content (AvgIpc) is 3.09. The minimum atomic E-state index is -0.358. The van der Waals surface area contributed by atoms with Gasteiger partial charge in [0.2, 0.25) is 0 Å². The van der Waals surface area contributed by atoms with Crippen LogP contribution < -0.4 is 9.47 Å². The van der Waals surface area contributed by atoms with Crippen molar-refractivity contribution in [2.75, 3.05) is 13.7 Å². The van der Waals surface area contributed by atoms with Crippen molar-refractivity contribution in [3.63, 3.8) is 0 Å². The molecule has 6 nitrogen and oxygen atoms in total. The summed E-state index contributed by atoms with van der Waals surface area (Å²) >= 11 is 0. The molecule has 1 N–H and O–H groups in total. The molecule has 6 heteroatoms. The Bertz CT molecular complexity index is 895. The van der Waals surface area contributed by atoms with Gasteiger partial charge in [0.15, 0.2) is 11.3 Å². The maximum absolute atomic E-state index is 11.6. The van der Waals surface area contributed by atoms with Gasteiger partial charge in [-0.15, -0.1) is 0 Å². The highest BCUT2D eigenvalue weighted by Gasteiger charge is 2.12. The monoisotopic (exact) mass is 356 g/mol. The van der Waals surface area contributed by atoms with Gasteiger partial charge in [0.05, 0.1) is 25.9 Å². The van der Waals surface area contributed by atoms with E-state index in [-0.39, 0.29) is 19.2 Å². The number of fused-ring (bicyclic) bond motifs is 1. The van der Waals surface area contributed by atoms with Crippen LogP contribution in [0.1, 0.15) is 28.6 Å². The van der Waals surface area contributed by atoms with Crippen LogP contribution in [-0.2, 0) is 18.0 Å². The lowest BCUT2D eigenvalue weighted by Crippen LogP contribution is -2.04. The summed E-state index contributed by atoms with van der Waals surface area (Å²) in [5.41, 5.74) is 1.84. The topological polar surface area (TPSA) is 78.1 Å². The van der Waals surface area contributed by atoms with Crippen LogP contribution in [0, 0.1) is 0 Å². The van der Waals surface area contributed by atoms with Crippen molar-refractivity contribution >= 4 is 16.9 Å². The molecule has 26 heavy (non-hydrogen) atoms. The van der Waals surface area contributed by atoms with Crippen molar-refractivity contribution in [3.8, 4) is 11.5 Å².